The summed E-state index contributed by atoms with van der Waals surface area (Å²) in [5.41, 5.74) is 3.77. The molecule has 174 valence electrons. The minimum atomic E-state index is -0.804. The third kappa shape index (κ3) is 7.30. The second-order valence-electron chi connectivity index (χ2n) is 7.71. The largest absolute Gasteiger partial charge is 0.458 e. The molecule has 4 amide bonds. The summed E-state index contributed by atoms with van der Waals surface area (Å²) in [6, 6.07) is 10.3. The van der Waals surface area contributed by atoms with Crippen LogP contribution in [0.3, 0.4) is 0 Å². The van der Waals surface area contributed by atoms with Crippen LogP contribution in [-0.4, -0.2) is 47.8 Å². The highest BCUT2D eigenvalue weighted by molar-refractivity contribution is 6.39. The number of carbonyl (C=O) groups is 4. The molecule has 1 aromatic carbocycles. The number of amides is 4. The number of nitrogens with one attached hydrogen (secondary N) is 3. The molecule has 2 heterocycles. The summed E-state index contributed by atoms with van der Waals surface area (Å²) in [6.07, 6.45) is 5.15. The summed E-state index contributed by atoms with van der Waals surface area (Å²) in [7, 11) is 0. The van der Waals surface area contributed by atoms with Gasteiger partial charge in [0, 0.05) is 18.8 Å². The maximum absolute atomic E-state index is 12.2. The van der Waals surface area contributed by atoms with Crippen LogP contribution in [0.25, 0.3) is 0 Å². The zero-order chi connectivity index (χ0) is 23.6. The molecule has 3 rings (SSSR count). The van der Waals surface area contributed by atoms with Crippen molar-refractivity contribution in [1.29, 1.82) is 0 Å². The minimum Gasteiger partial charge on any atom is -0.458 e. The van der Waals surface area contributed by atoms with Crippen LogP contribution in [0, 0.1) is 6.92 Å². The van der Waals surface area contributed by atoms with Gasteiger partial charge in [-0.2, -0.15) is 5.10 Å². The van der Waals surface area contributed by atoms with Gasteiger partial charge in [0.1, 0.15) is 11.5 Å². The Kier molecular flexibility index (Phi) is 8.34. The standard InChI is InChI=1S/C23H27N5O5/c1-16-6-8-17(9-7-16)26-21(30)20(29)24-14-18-10-11-19(33-18)15-25-27-22(31)23(32)28-12-4-2-3-5-13-28/h6-11,15H,2-5,12-14H2,1H3,(H,24,29)(H,26,30)(H,27,31)/b25-15+. The normalized spacial score (nSPS) is 13.9. The second kappa shape index (κ2) is 11.6. The Morgan fingerprint density at radius 3 is 2.33 bits per heavy atom. The van der Waals surface area contributed by atoms with Gasteiger partial charge in [-0.05, 0) is 44.0 Å². The summed E-state index contributed by atoms with van der Waals surface area (Å²) in [5, 5.41) is 8.73. The lowest BCUT2D eigenvalue weighted by atomic mass is 10.2. The van der Waals surface area contributed by atoms with E-state index in [-0.39, 0.29) is 6.54 Å². The summed E-state index contributed by atoms with van der Waals surface area (Å²) in [5.74, 6) is -2.29. The lowest BCUT2D eigenvalue weighted by molar-refractivity contribution is -0.145. The van der Waals surface area contributed by atoms with E-state index in [9.17, 15) is 19.2 Å². The van der Waals surface area contributed by atoms with Gasteiger partial charge < -0.3 is 20.0 Å². The van der Waals surface area contributed by atoms with E-state index in [1.807, 2.05) is 19.1 Å². The Hall–Kier alpha value is -3.95. The number of nitrogens with zero attached hydrogens (tertiary/aromatic N) is 2. The van der Waals surface area contributed by atoms with Crippen molar-refractivity contribution in [3.8, 4) is 0 Å². The van der Waals surface area contributed by atoms with Gasteiger partial charge in [0.15, 0.2) is 0 Å². The SMILES string of the molecule is Cc1ccc(NC(=O)C(=O)NCc2ccc(/C=N/NC(=O)C(=O)N3CCCCCC3)o2)cc1. The number of anilines is 1. The van der Waals surface area contributed by atoms with Gasteiger partial charge >= 0.3 is 23.6 Å². The lowest BCUT2D eigenvalue weighted by Crippen LogP contribution is -2.41. The molecule has 0 bridgehead atoms. The van der Waals surface area contributed by atoms with Crippen molar-refractivity contribution in [3.63, 3.8) is 0 Å². The molecule has 10 heteroatoms. The maximum Gasteiger partial charge on any atom is 0.329 e. The Labute approximate surface area is 191 Å². The number of benzene rings is 1. The first kappa shape index (κ1) is 23.7. The molecule has 33 heavy (non-hydrogen) atoms. The van der Waals surface area contributed by atoms with Gasteiger partial charge in [-0.25, -0.2) is 5.43 Å². The summed E-state index contributed by atoms with van der Waals surface area (Å²) in [4.78, 5) is 49.7. The first-order valence-corrected chi connectivity index (χ1v) is 10.8. The number of carbonyl (C=O) groups excluding carboxylic acids is 4. The molecule has 0 atom stereocenters. The van der Waals surface area contributed by atoms with Gasteiger partial charge in [-0.3, -0.25) is 19.2 Å². The molecule has 2 aromatic rings. The van der Waals surface area contributed by atoms with E-state index in [2.05, 4.69) is 21.2 Å². The molecular formula is C23H27N5O5. The highest BCUT2D eigenvalue weighted by Gasteiger charge is 2.22. The van der Waals surface area contributed by atoms with E-state index in [0.29, 0.717) is 30.3 Å². The van der Waals surface area contributed by atoms with Crippen LogP contribution in [0.4, 0.5) is 5.69 Å². The molecule has 0 radical (unpaired) electrons. The molecule has 0 aliphatic carbocycles. The first-order valence-electron chi connectivity index (χ1n) is 10.8. The first-order chi connectivity index (χ1) is 15.9. The maximum atomic E-state index is 12.2. The zero-order valence-electron chi connectivity index (χ0n) is 18.4. The van der Waals surface area contributed by atoms with Gasteiger partial charge in [-0.15, -0.1) is 0 Å². The van der Waals surface area contributed by atoms with Gasteiger partial charge in [-0.1, -0.05) is 30.5 Å². The molecule has 1 aliphatic rings. The number of furan rings is 1. The number of rotatable bonds is 5. The fourth-order valence-corrected chi connectivity index (χ4v) is 3.25. The predicted octanol–water partition coefficient (Wildman–Crippen LogP) is 1.70. The van der Waals surface area contributed by atoms with Crippen molar-refractivity contribution in [3.05, 3.63) is 53.5 Å². The molecule has 0 spiro atoms. The zero-order valence-corrected chi connectivity index (χ0v) is 18.4. The third-order valence-corrected chi connectivity index (χ3v) is 5.07. The summed E-state index contributed by atoms with van der Waals surface area (Å²) < 4.78 is 5.48. The fourth-order valence-electron chi connectivity index (χ4n) is 3.25. The minimum absolute atomic E-state index is 0.00615. The van der Waals surface area contributed by atoms with E-state index in [1.54, 1.807) is 29.2 Å². The predicted molar refractivity (Wildman–Crippen MR) is 121 cm³/mol. The molecule has 1 saturated heterocycles. The molecular weight excluding hydrogens is 426 g/mol. The Morgan fingerprint density at radius 2 is 1.64 bits per heavy atom. The van der Waals surface area contributed by atoms with Crippen molar-refractivity contribution >= 4 is 35.5 Å². The molecule has 10 nitrogen and oxygen atoms in total. The van der Waals surface area contributed by atoms with E-state index in [0.717, 1.165) is 31.2 Å². The topological polar surface area (TPSA) is 133 Å². The number of hydrogen-bond acceptors (Lipinski definition) is 6. The summed E-state index contributed by atoms with van der Waals surface area (Å²) in [6.45, 7) is 3.07. The van der Waals surface area contributed by atoms with Crippen molar-refractivity contribution < 1.29 is 23.6 Å². The van der Waals surface area contributed by atoms with Crippen LogP contribution in [0.2, 0.25) is 0 Å². The van der Waals surface area contributed by atoms with Crippen molar-refractivity contribution in [2.75, 3.05) is 18.4 Å². The van der Waals surface area contributed by atoms with E-state index in [4.69, 9.17) is 4.42 Å². The summed E-state index contributed by atoms with van der Waals surface area (Å²) >= 11 is 0. The van der Waals surface area contributed by atoms with Gasteiger partial charge in [0.2, 0.25) is 0 Å². The van der Waals surface area contributed by atoms with Crippen LogP contribution in [-0.2, 0) is 25.7 Å². The van der Waals surface area contributed by atoms with Crippen LogP contribution < -0.4 is 16.1 Å². The van der Waals surface area contributed by atoms with Crippen LogP contribution in [0.15, 0.2) is 45.9 Å². The van der Waals surface area contributed by atoms with Gasteiger partial charge in [0.05, 0.1) is 12.8 Å². The number of hydrogen-bond donors (Lipinski definition) is 3. The van der Waals surface area contributed by atoms with E-state index >= 15 is 0 Å². The second-order valence-corrected chi connectivity index (χ2v) is 7.71. The van der Waals surface area contributed by atoms with Crippen molar-refractivity contribution in [2.45, 2.75) is 39.2 Å². The molecule has 1 fully saturated rings. The Bertz CT molecular complexity index is 1020. The fraction of sp³-hybridized carbons (Fsp3) is 0.348. The highest BCUT2D eigenvalue weighted by atomic mass is 16.3. The van der Waals surface area contributed by atoms with Crippen LogP contribution in [0.1, 0.15) is 42.8 Å². The Morgan fingerprint density at radius 1 is 0.939 bits per heavy atom. The average molecular weight is 453 g/mol. The molecule has 3 N–H and O–H groups in total. The molecule has 0 saturated carbocycles. The van der Waals surface area contributed by atoms with E-state index < -0.39 is 23.6 Å². The highest BCUT2D eigenvalue weighted by Crippen LogP contribution is 2.10. The smallest absolute Gasteiger partial charge is 0.329 e. The molecule has 1 aliphatic heterocycles. The monoisotopic (exact) mass is 453 g/mol. The van der Waals surface area contributed by atoms with Gasteiger partial charge in [0.25, 0.3) is 0 Å². The lowest BCUT2D eigenvalue weighted by Gasteiger charge is -2.18. The van der Waals surface area contributed by atoms with Crippen LogP contribution in [0.5, 0.6) is 0 Å². The van der Waals surface area contributed by atoms with Crippen molar-refractivity contribution in [2.24, 2.45) is 5.10 Å². The number of hydrazone groups is 1. The van der Waals surface area contributed by atoms with Crippen LogP contribution >= 0.6 is 0 Å². The molecule has 0 unspecified atom stereocenters. The average Bonchev–Trinajstić information content (AvgIpc) is 3.09. The van der Waals surface area contributed by atoms with E-state index in [1.165, 1.54) is 6.21 Å². The number of likely N-dealkylation sites (tertiary alicyclic amines) is 1. The Balaban J connectivity index is 1.42. The number of aryl methyl sites for hydroxylation is 1. The van der Waals surface area contributed by atoms with Crippen molar-refractivity contribution in [1.82, 2.24) is 15.6 Å². The third-order valence-electron chi connectivity index (χ3n) is 5.07. The quantitative estimate of drug-likeness (QED) is 0.360. The molecule has 1 aromatic heterocycles.